The lowest BCUT2D eigenvalue weighted by Crippen LogP contribution is -2.11. The van der Waals surface area contributed by atoms with Gasteiger partial charge in [-0.15, -0.1) is 11.3 Å². The zero-order chi connectivity index (χ0) is 18.9. The second-order valence-electron chi connectivity index (χ2n) is 5.49. The van der Waals surface area contributed by atoms with Crippen molar-refractivity contribution in [3.8, 4) is 6.07 Å². The van der Waals surface area contributed by atoms with E-state index in [2.05, 4.69) is 15.0 Å². The molecule has 2 N–H and O–H groups in total. The summed E-state index contributed by atoms with van der Waals surface area (Å²) in [6, 6.07) is 4.94. The second kappa shape index (κ2) is 7.09. The quantitative estimate of drug-likeness (QED) is 0.517. The molecule has 3 heterocycles. The average Bonchev–Trinajstić information content (AvgIpc) is 2.94. The molecule has 134 valence electrons. The number of nitriles is 1. The highest BCUT2D eigenvalue weighted by molar-refractivity contribution is 7.99. The second-order valence-corrected chi connectivity index (χ2v) is 7.71. The number of nitrogens with two attached hydrogens (primary N) is 1. The minimum absolute atomic E-state index is 0.154. The number of nitrogens with zero attached hydrogens (tertiary/aromatic N) is 4. The van der Waals surface area contributed by atoms with E-state index < -0.39 is 12.6 Å². The Morgan fingerprint density at radius 3 is 2.81 bits per heavy atom. The van der Waals surface area contributed by atoms with Gasteiger partial charge in [-0.25, -0.2) is 9.97 Å². The molecule has 0 spiro atoms. The smallest absolute Gasteiger partial charge is 0.384 e. The Labute approximate surface area is 155 Å². The molecule has 3 aromatic rings. The normalized spacial score (nSPS) is 12.9. The molecule has 0 fully saturated rings. The predicted molar refractivity (Wildman–Crippen MR) is 94.8 cm³/mol. The Hall–Kier alpha value is -2.38. The van der Waals surface area contributed by atoms with Crippen LogP contribution in [0.2, 0.25) is 0 Å². The number of thiophene rings is 1. The standard InChI is InChI=1S/C16H12F3N5S2/c1-8(26-15-23-10(5-20)2-14(21)24-15)12-3-11-9(4-16(17,18)19)7-25-13(11)6-22-12/h2-3,6-8H,4H2,1H3,(H2,21,23,24). The zero-order valence-electron chi connectivity index (χ0n) is 13.4. The molecule has 5 nitrogen and oxygen atoms in total. The summed E-state index contributed by atoms with van der Waals surface area (Å²) >= 11 is 2.48. The van der Waals surface area contributed by atoms with Gasteiger partial charge in [-0.3, -0.25) is 4.98 Å². The summed E-state index contributed by atoms with van der Waals surface area (Å²) in [6.45, 7) is 1.84. The number of halogens is 3. The van der Waals surface area contributed by atoms with Gasteiger partial charge in [0.2, 0.25) is 0 Å². The van der Waals surface area contributed by atoms with Gasteiger partial charge in [0.25, 0.3) is 0 Å². The molecule has 3 rings (SSSR count). The number of aromatic nitrogens is 3. The number of anilines is 1. The van der Waals surface area contributed by atoms with Crippen LogP contribution in [0.4, 0.5) is 19.0 Å². The number of pyridine rings is 1. The van der Waals surface area contributed by atoms with E-state index >= 15 is 0 Å². The SMILES string of the molecule is CC(Sc1nc(N)cc(C#N)n1)c1cc2c(CC(F)(F)F)csc2cn1. The van der Waals surface area contributed by atoms with Crippen molar-refractivity contribution >= 4 is 39.0 Å². The summed E-state index contributed by atoms with van der Waals surface area (Å²) in [5.74, 6) is 0.181. The monoisotopic (exact) mass is 395 g/mol. The van der Waals surface area contributed by atoms with E-state index in [-0.39, 0.29) is 22.3 Å². The fraction of sp³-hybridized carbons (Fsp3) is 0.250. The van der Waals surface area contributed by atoms with Gasteiger partial charge >= 0.3 is 6.18 Å². The number of rotatable bonds is 4. The number of thioether (sulfide) groups is 1. The van der Waals surface area contributed by atoms with Crippen molar-refractivity contribution in [2.24, 2.45) is 0 Å². The van der Waals surface area contributed by atoms with Gasteiger partial charge in [-0.05, 0) is 29.3 Å². The van der Waals surface area contributed by atoms with Crippen LogP contribution in [0.25, 0.3) is 10.1 Å². The molecule has 0 saturated carbocycles. The van der Waals surface area contributed by atoms with Crippen LogP contribution in [-0.2, 0) is 6.42 Å². The van der Waals surface area contributed by atoms with Crippen molar-refractivity contribution in [1.82, 2.24) is 15.0 Å². The van der Waals surface area contributed by atoms with Gasteiger partial charge in [0.05, 0.1) is 22.1 Å². The summed E-state index contributed by atoms with van der Waals surface area (Å²) in [5.41, 5.74) is 6.65. The molecule has 0 radical (unpaired) electrons. The van der Waals surface area contributed by atoms with Crippen LogP contribution in [0.15, 0.2) is 28.9 Å². The first kappa shape index (κ1) is 18.4. The summed E-state index contributed by atoms with van der Waals surface area (Å²) in [5, 5.41) is 11.1. The number of alkyl halides is 3. The van der Waals surface area contributed by atoms with Gasteiger partial charge < -0.3 is 5.73 Å². The maximum atomic E-state index is 12.7. The number of fused-ring (bicyclic) bond motifs is 1. The van der Waals surface area contributed by atoms with E-state index in [9.17, 15) is 13.2 Å². The maximum absolute atomic E-state index is 12.7. The van der Waals surface area contributed by atoms with Crippen molar-refractivity contribution in [2.75, 3.05) is 5.73 Å². The predicted octanol–water partition coefficient (Wildman–Crippen LogP) is 4.50. The molecule has 26 heavy (non-hydrogen) atoms. The number of hydrogen-bond acceptors (Lipinski definition) is 7. The summed E-state index contributed by atoms with van der Waals surface area (Å²) in [4.78, 5) is 12.5. The first-order valence-electron chi connectivity index (χ1n) is 7.39. The highest BCUT2D eigenvalue weighted by Gasteiger charge is 2.29. The van der Waals surface area contributed by atoms with Gasteiger partial charge in [-0.2, -0.15) is 18.4 Å². The molecule has 0 aromatic carbocycles. The van der Waals surface area contributed by atoms with Crippen LogP contribution in [0.3, 0.4) is 0 Å². The Balaban J connectivity index is 1.89. The topological polar surface area (TPSA) is 88.5 Å². The third-order valence-electron chi connectivity index (χ3n) is 3.49. The molecular formula is C16H12F3N5S2. The Morgan fingerprint density at radius 1 is 1.35 bits per heavy atom. The highest BCUT2D eigenvalue weighted by atomic mass is 32.2. The van der Waals surface area contributed by atoms with E-state index in [4.69, 9.17) is 11.0 Å². The maximum Gasteiger partial charge on any atom is 0.393 e. The van der Waals surface area contributed by atoms with Gasteiger partial charge in [0.1, 0.15) is 17.6 Å². The molecule has 0 saturated heterocycles. The highest BCUT2D eigenvalue weighted by Crippen LogP contribution is 2.36. The molecule has 0 aliphatic heterocycles. The zero-order valence-corrected chi connectivity index (χ0v) is 15.0. The molecular weight excluding hydrogens is 383 g/mol. The molecule has 1 atom stereocenters. The molecule has 0 aliphatic rings. The molecule has 0 amide bonds. The molecule has 10 heteroatoms. The van der Waals surface area contributed by atoms with Crippen LogP contribution < -0.4 is 5.73 Å². The van der Waals surface area contributed by atoms with Gasteiger partial charge in [0, 0.05) is 12.3 Å². The van der Waals surface area contributed by atoms with Crippen LogP contribution in [-0.4, -0.2) is 21.1 Å². The van der Waals surface area contributed by atoms with E-state index in [1.54, 1.807) is 12.3 Å². The lowest BCUT2D eigenvalue weighted by molar-refractivity contribution is -0.126. The fourth-order valence-electron chi connectivity index (χ4n) is 2.35. The van der Waals surface area contributed by atoms with Crippen LogP contribution in [0.5, 0.6) is 0 Å². The molecule has 0 aliphatic carbocycles. The van der Waals surface area contributed by atoms with Crippen molar-refractivity contribution in [1.29, 1.82) is 5.26 Å². The van der Waals surface area contributed by atoms with Crippen molar-refractivity contribution in [3.63, 3.8) is 0 Å². The van der Waals surface area contributed by atoms with Crippen molar-refractivity contribution < 1.29 is 13.2 Å². The molecule has 1 unspecified atom stereocenters. The Kier molecular flexibility index (Phi) is 5.02. The summed E-state index contributed by atoms with van der Waals surface area (Å²) < 4.78 is 38.9. The van der Waals surface area contributed by atoms with Crippen molar-refractivity contribution in [2.45, 2.75) is 29.9 Å². The van der Waals surface area contributed by atoms with E-state index in [1.807, 2.05) is 13.0 Å². The minimum atomic E-state index is -4.26. The van der Waals surface area contributed by atoms with Crippen LogP contribution >= 0.6 is 23.1 Å². The van der Waals surface area contributed by atoms with Crippen LogP contribution in [0.1, 0.15) is 29.1 Å². The minimum Gasteiger partial charge on any atom is -0.384 e. The lowest BCUT2D eigenvalue weighted by atomic mass is 10.1. The third-order valence-corrected chi connectivity index (χ3v) is 5.46. The Bertz CT molecular complexity index is 994. The number of hydrogen-bond donors (Lipinski definition) is 1. The third kappa shape index (κ3) is 4.23. The van der Waals surface area contributed by atoms with Gasteiger partial charge in [-0.1, -0.05) is 11.8 Å². The molecule has 0 bridgehead atoms. The first-order chi connectivity index (χ1) is 12.2. The average molecular weight is 395 g/mol. The summed E-state index contributed by atoms with van der Waals surface area (Å²) in [6.07, 6.45) is -3.66. The van der Waals surface area contributed by atoms with Crippen molar-refractivity contribution in [3.05, 3.63) is 40.7 Å². The van der Waals surface area contributed by atoms with E-state index in [1.165, 1.54) is 34.5 Å². The van der Waals surface area contributed by atoms with Crippen LogP contribution in [0, 0.1) is 11.3 Å². The number of nitrogen functional groups attached to an aromatic ring is 1. The first-order valence-corrected chi connectivity index (χ1v) is 9.15. The van der Waals surface area contributed by atoms with E-state index in [0.717, 1.165) is 0 Å². The van der Waals surface area contributed by atoms with E-state index in [0.29, 0.717) is 20.9 Å². The Morgan fingerprint density at radius 2 is 2.12 bits per heavy atom. The fourth-order valence-corrected chi connectivity index (χ4v) is 4.13. The molecule has 3 aromatic heterocycles. The largest absolute Gasteiger partial charge is 0.393 e. The lowest BCUT2D eigenvalue weighted by Gasteiger charge is -2.11. The van der Waals surface area contributed by atoms with Gasteiger partial charge in [0.15, 0.2) is 5.16 Å². The summed E-state index contributed by atoms with van der Waals surface area (Å²) in [7, 11) is 0.